The van der Waals surface area contributed by atoms with Crippen LogP contribution < -0.4 is 15.8 Å². The molecule has 0 atom stereocenters. The van der Waals surface area contributed by atoms with Gasteiger partial charge in [0.15, 0.2) is 0 Å². The summed E-state index contributed by atoms with van der Waals surface area (Å²) in [4.78, 5) is 15.6. The van der Waals surface area contributed by atoms with Gasteiger partial charge in [0, 0.05) is 29.9 Å². The molecule has 0 aliphatic carbocycles. The van der Waals surface area contributed by atoms with Crippen molar-refractivity contribution in [1.82, 2.24) is 14.8 Å². The maximum Gasteiger partial charge on any atom is 0.476 e. The van der Waals surface area contributed by atoms with Gasteiger partial charge >= 0.3 is 11.9 Å². The molecule has 3 N–H and O–H groups in total. The van der Waals surface area contributed by atoms with Crippen LogP contribution in [0.3, 0.4) is 0 Å². The molecule has 0 fully saturated rings. The summed E-state index contributed by atoms with van der Waals surface area (Å²) in [5.74, 6) is 0. The number of H-pyrrole nitrogens is 1. The highest BCUT2D eigenvalue weighted by Gasteiger charge is 2.32. The summed E-state index contributed by atoms with van der Waals surface area (Å²) in [5, 5.41) is 2.67. The average Bonchev–Trinajstić information content (AvgIpc) is 2.94. The fraction of sp³-hybridized carbons (Fsp3) is 0.188. The number of halogens is 5. The van der Waals surface area contributed by atoms with Gasteiger partial charge in [-0.3, -0.25) is 4.98 Å². The van der Waals surface area contributed by atoms with E-state index in [2.05, 4.69) is 10.1 Å². The van der Waals surface area contributed by atoms with Crippen LogP contribution in [0.4, 0.5) is 22.0 Å². The summed E-state index contributed by atoms with van der Waals surface area (Å²) < 4.78 is 65.4. The van der Waals surface area contributed by atoms with Gasteiger partial charge in [-0.2, -0.15) is 31.5 Å². The molecule has 3 rings (SSSR count). The summed E-state index contributed by atoms with van der Waals surface area (Å²) in [6.45, 7) is -0.812. The molecular formula is C16H13F5N5O+. The number of pyridine rings is 2. The van der Waals surface area contributed by atoms with Crippen LogP contribution in [-0.4, -0.2) is 21.3 Å². The second-order valence-electron chi connectivity index (χ2n) is 5.65. The zero-order valence-corrected chi connectivity index (χ0v) is 13.6. The van der Waals surface area contributed by atoms with Gasteiger partial charge in [-0.1, -0.05) is 6.07 Å². The molecular weight excluding hydrogens is 373 g/mol. The number of hydrogen-bond acceptors (Lipinski definition) is 3. The fourth-order valence-electron chi connectivity index (χ4n) is 2.48. The van der Waals surface area contributed by atoms with Crippen LogP contribution in [0.1, 0.15) is 5.69 Å². The Morgan fingerprint density at radius 3 is 2.52 bits per heavy atom. The van der Waals surface area contributed by atoms with E-state index in [0.717, 1.165) is 16.9 Å². The number of nitrogens with two attached hydrogens (primary N) is 1. The van der Waals surface area contributed by atoms with Crippen LogP contribution >= 0.6 is 0 Å². The van der Waals surface area contributed by atoms with Crippen LogP contribution in [-0.2, 0) is 12.7 Å². The Kier molecular flexibility index (Phi) is 4.79. The molecule has 142 valence electrons. The van der Waals surface area contributed by atoms with Crippen molar-refractivity contribution in [3.8, 4) is 11.1 Å². The molecule has 0 saturated heterocycles. The van der Waals surface area contributed by atoms with Crippen molar-refractivity contribution >= 4 is 5.65 Å². The first-order valence-corrected chi connectivity index (χ1v) is 7.61. The molecule has 3 aromatic rings. The lowest BCUT2D eigenvalue weighted by molar-refractivity contribution is -0.530. The molecule has 11 heteroatoms. The SMILES string of the molecule is NCC(Cn1[nH]c2cc(-c3ccc(C(F)(F)F)nc3)cc[n+]2c1=O)=C(F)F. The van der Waals surface area contributed by atoms with E-state index in [9.17, 15) is 26.7 Å². The zero-order chi connectivity index (χ0) is 19.8. The lowest BCUT2D eigenvalue weighted by atomic mass is 10.1. The second kappa shape index (κ2) is 6.91. The Hall–Kier alpha value is -3.08. The van der Waals surface area contributed by atoms with Crippen LogP contribution in [0.25, 0.3) is 16.8 Å². The minimum absolute atomic E-state index is 0.271. The number of rotatable bonds is 4. The smallest absolute Gasteiger partial charge is 0.326 e. The maximum absolute atomic E-state index is 12.8. The van der Waals surface area contributed by atoms with E-state index >= 15 is 0 Å². The number of hydrogen-bond donors (Lipinski definition) is 2. The van der Waals surface area contributed by atoms with E-state index in [1.165, 1.54) is 28.8 Å². The molecule has 0 aliphatic rings. The first kappa shape index (κ1) is 18.7. The summed E-state index contributed by atoms with van der Waals surface area (Å²) in [6, 6.07) is 5.11. The topological polar surface area (TPSA) is 80.8 Å². The highest BCUT2D eigenvalue weighted by atomic mass is 19.4. The number of nitrogens with zero attached hydrogens (tertiary/aromatic N) is 3. The van der Waals surface area contributed by atoms with Crippen molar-refractivity contribution in [3.63, 3.8) is 0 Å². The molecule has 0 spiro atoms. The van der Waals surface area contributed by atoms with E-state index in [1.807, 2.05) is 0 Å². The van der Waals surface area contributed by atoms with Crippen LogP contribution in [0.2, 0.25) is 0 Å². The van der Waals surface area contributed by atoms with Gasteiger partial charge in [-0.25, -0.2) is 4.79 Å². The number of fused-ring (bicyclic) bond motifs is 1. The lowest BCUT2D eigenvalue weighted by Gasteiger charge is -2.06. The number of aromatic nitrogens is 4. The van der Waals surface area contributed by atoms with E-state index in [-0.39, 0.29) is 5.65 Å². The molecule has 0 unspecified atom stereocenters. The molecule has 0 amide bonds. The van der Waals surface area contributed by atoms with Crippen LogP contribution in [0.15, 0.2) is 53.1 Å². The van der Waals surface area contributed by atoms with E-state index in [1.54, 1.807) is 0 Å². The minimum atomic E-state index is -4.54. The van der Waals surface area contributed by atoms with Crippen molar-refractivity contribution in [2.45, 2.75) is 12.7 Å². The molecule has 3 aromatic heterocycles. The molecule has 3 heterocycles. The third-order valence-corrected chi connectivity index (χ3v) is 3.89. The number of nitrogens with one attached hydrogen (secondary N) is 1. The van der Waals surface area contributed by atoms with Gasteiger partial charge in [0.2, 0.25) is 0 Å². The van der Waals surface area contributed by atoms with Gasteiger partial charge in [0.1, 0.15) is 12.2 Å². The average molecular weight is 386 g/mol. The van der Waals surface area contributed by atoms with Crippen molar-refractivity contribution in [3.05, 3.63) is 64.5 Å². The number of alkyl halides is 3. The lowest BCUT2D eigenvalue weighted by Crippen LogP contribution is -2.41. The van der Waals surface area contributed by atoms with Gasteiger partial charge in [-0.15, -0.1) is 4.68 Å². The fourth-order valence-corrected chi connectivity index (χ4v) is 2.48. The molecule has 0 saturated carbocycles. The number of aromatic amines is 1. The quantitative estimate of drug-likeness (QED) is 0.532. The van der Waals surface area contributed by atoms with Gasteiger partial charge in [0.05, 0.1) is 6.20 Å². The zero-order valence-electron chi connectivity index (χ0n) is 13.6. The van der Waals surface area contributed by atoms with Gasteiger partial charge < -0.3 is 5.73 Å². The Morgan fingerprint density at radius 1 is 1.22 bits per heavy atom. The Labute approximate surface area is 148 Å². The van der Waals surface area contributed by atoms with E-state index in [4.69, 9.17) is 5.73 Å². The Morgan fingerprint density at radius 2 is 1.96 bits per heavy atom. The monoisotopic (exact) mass is 386 g/mol. The van der Waals surface area contributed by atoms with Gasteiger partial charge in [0.25, 0.3) is 11.7 Å². The second-order valence-corrected chi connectivity index (χ2v) is 5.65. The Bertz CT molecular complexity index is 1060. The van der Waals surface area contributed by atoms with E-state index in [0.29, 0.717) is 11.1 Å². The predicted molar refractivity (Wildman–Crippen MR) is 84.7 cm³/mol. The molecule has 0 bridgehead atoms. The third-order valence-electron chi connectivity index (χ3n) is 3.89. The first-order valence-electron chi connectivity index (χ1n) is 7.61. The van der Waals surface area contributed by atoms with Crippen molar-refractivity contribution in [2.24, 2.45) is 5.73 Å². The minimum Gasteiger partial charge on any atom is -0.326 e. The van der Waals surface area contributed by atoms with Crippen LogP contribution in [0, 0.1) is 0 Å². The summed E-state index contributed by atoms with van der Waals surface area (Å²) >= 11 is 0. The van der Waals surface area contributed by atoms with Gasteiger partial charge in [-0.05, 0) is 17.7 Å². The largest absolute Gasteiger partial charge is 0.476 e. The Balaban J connectivity index is 1.99. The van der Waals surface area contributed by atoms with Crippen molar-refractivity contribution < 1.29 is 26.4 Å². The molecule has 0 aliphatic heterocycles. The molecule has 6 nitrogen and oxygen atoms in total. The van der Waals surface area contributed by atoms with Crippen LogP contribution in [0.5, 0.6) is 0 Å². The predicted octanol–water partition coefficient (Wildman–Crippen LogP) is 2.11. The summed E-state index contributed by atoms with van der Waals surface area (Å²) in [7, 11) is 0. The first-order chi connectivity index (χ1) is 12.7. The highest BCUT2D eigenvalue weighted by molar-refractivity contribution is 5.64. The normalized spacial score (nSPS) is 11.8. The maximum atomic E-state index is 12.8. The molecule has 0 aromatic carbocycles. The third kappa shape index (κ3) is 3.72. The summed E-state index contributed by atoms with van der Waals surface area (Å²) in [5.41, 5.74) is 4.42. The van der Waals surface area contributed by atoms with Crippen molar-refractivity contribution in [2.75, 3.05) is 6.54 Å². The molecule has 27 heavy (non-hydrogen) atoms. The highest BCUT2D eigenvalue weighted by Crippen LogP contribution is 2.28. The van der Waals surface area contributed by atoms with E-state index < -0.39 is 42.3 Å². The van der Waals surface area contributed by atoms with Crippen molar-refractivity contribution in [1.29, 1.82) is 0 Å². The summed E-state index contributed by atoms with van der Waals surface area (Å²) in [6.07, 6.45) is -4.04. The molecule has 0 radical (unpaired) electrons. The standard InChI is InChI=1S/C16H12F5N5O/c17-14(18)11(6-22)8-26-15(27)25-4-3-9(5-13(25)24-26)10-1-2-12(23-7-10)16(19,20)21/h1-5,7H,6,8,22H2/p+1.